The smallest absolute Gasteiger partial charge is 0.320 e. The fraction of sp³-hybridized carbons (Fsp3) is 0.684. The molecule has 9 heteroatoms. The first-order chi connectivity index (χ1) is 13.4. The van der Waals surface area contributed by atoms with Crippen LogP contribution in [0.2, 0.25) is 0 Å². The summed E-state index contributed by atoms with van der Waals surface area (Å²) in [5.74, 6) is 0.0945. The lowest BCUT2D eigenvalue weighted by Gasteiger charge is -2.33. The Hall–Kier alpha value is -1.71. The Morgan fingerprint density at radius 2 is 2.14 bits per heavy atom. The molecule has 1 aromatic rings. The van der Waals surface area contributed by atoms with Crippen LogP contribution in [0.1, 0.15) is 43.9 Å². The van der Waals surface area contributed by atoms with Crippen molar-refractivity contribution in [2.75, 3.05) is 31.5 Å². The summed E-state index contributed by atoms with van der Waals surface area (Å²) in [5.41, 5.74) is 2.22. The van der Waals surface area contributed by atoms with Gasteiger partial charge in [-0.15, -0.1) is 0 Å². The lowest BCUT2D eigenvalue weighted by Crippen LogP contribution is -2.48. The minimum absolute atomic E-state index is 0.389. The number of hydrogen-bond acceptors (Lipinski definition) is 6. The Labute approximate surface area is 166 Å². The van der Waals surface area contributed by atoms with Gasteiger partial charge in [0.25, 0.3) is 0 Å². The van der Waals surface area contributed by atoms with Gasteiger partial charge < -0.3 is 10.4 Å². The van der Waals surface area contributed by atoms with Gasteiger partial charge in [0.2, 0.25) is 10.0 Å². The molecular weight excluding hydrogens is 380 g/mol. The average Bonchev–Trinajstić information content (AvgIpc) is 2.70. The van der Waals surface area contributed by atoms with Gasteiger partial charge in [-0.1, -0.05) is 6.07 Å². The van der Waals surface area contributed by atoms with Crippen LogP contribution < -0.4 is 10.0 Å². The predicted octanol–water partition coefficient (Wildman–Crippen LogP) is 1.23. The third-order valence-corrected chi connectivity index (χ3v) is 7.64. The number of fused-ring (bicyclic) bond motifs is 1. The molecule has 28 heavy (non-hydrogen) atoms. The van der Waals surface area contributed by atoms with Gasteiger partial charge in [-0.05, 0) is 57.1 Å². The number of pyridine rings is 1. The zero-order valence-electron chi connectivity index (χ0n) is 16.4. The Kier molecular flexibility index (Phi) is 6.90. The molecule has 3 rings (SSSR count). The van der Waals surface area contributed by atoms with Crippen molar-refractivity contribution in [1.29, 1.82) is 0 Å². The minimum atomic E-state index is -3.38. The number of rotatable bonds is 8. The van der Waals surface area contributed by atoms with Gasteiger partial charge in [0.15, 0.2) is 0 Å². The number of nitrogens with one attached hydrogen (secondary N) is 2. The number of aryl methyl sites for hydroxylation is 2. The van der Waals surface area contributed by atoms with Crippen LogP contribution in [0.15, 0.2) is 12.1 Å². The molecule has 0 aromatic carbocycles. The van der Waals surface area contributed by atoms with Gasteiger partial charge in [-0.2, -0.15) is 0 Å². The molecule has 1 unspecified atom stereocenters. The molecule has 0 bridgehead atoms. The third-order valence-electron chi connectivity index (χ3n) is 5.69. The summed E-state index contributed by atoms with van der Waals surface area (Å²) in [7, 11) is -3.38. The number of carbonyl (C=O) groups is 1. The molecule has 0 aliphatic carbocycles. The van der Waals surface area contributed by atoms with E-state index in [1.165, 1.54) is 5.56 Å². The van der Waals surface area contributed by atoms with E-state index in [1.807, 2.05) is 11.0 Å². The van der Waals surface area contributed by atoms with Crippen LogP contribution >= 0.6 is 0 Å². The van der Waals surface area contributed by atoms with Gasteiger partial charge in [0.05, 0.1) is 5.25 Å². The maximum Gasteiger partial charge on any atom is 0.320 e. The first kappa shape index (κ1) is 21.0. The van der Waals surface area contributed by atoms with E-state index in [4.69, 9.17) is 5.11 Å². The van der Waals surface area contributed by atoms with E-state index in [1.54, 1.807) is 6.92 Å². The van der Waals surface area contributed by atoms with E-state index >= 15 is 0 Å². The fourth-order valence-electron chi connectivity index (χ4n) is 3.84. The summed E-state index contributed by atoms with van der Waals surface area (Å²) in [5, 5.41) is 11.9. The van der Waals surface area contributed by atoms with Crippen molar-refractivity contribution in [3.05, 3.63) is 23.4 Å². The highest BCUT2D eigenvalue weighted by molar-refractivity contribution is 7.90. The number of hydrogen-bond donors (Lipinski definition) is 3. The third kappa shape index (κ3) is 5.21. The molecule has 1 fully saturated rings. The number of aromatic nitrogens is 1. The highest BCUT2D eigenvalue weighted by Crippen LogP contribution is 2.21. The van der Waals surface area contributed by atoms with Crippen molar-refractivity contribution in [3.8, 4) is 0 Å². The quantitative estimate of drug-likeness (QED) is 0.553. The van der Waals surface area contributed by atoms with Crippen molar-refractivity contribution in [3.63, 3.8) is 0 Å². The van der Waals surface area contributed by atoms with E-state index in [0.717, 1.165) is 37.3 Å². The summed E-state index contributed by atoms with van der Waals surface area (Å²) in [4.78, 5) is 17.5. The maximum atomic E-state index is 12.5. The van der Waals surface area contributed by atoms with Gasteiger partial charge in [-0.3, -0.25) is 9.69 Å². The summed E-state index contributed by atoms with van der Waals surface area (Å²) in [6.07, 6.45) is 4.53. The summed E-state index contributed by atoms with van der Waals surface area (Å²) >= 11 is 0. The molecule has 8 nitrogen and oxygen atoms in total. The van der Waals surface area contributed by atoms with Crippen LogP contribution in [0.3, 0.4) is 0 Å². The van der Waals surface area contributed by atoms with Gasteiger partial charge >= 0.3 is 5.97 Å². The van der Waals surface area contributed by atoms with Gasteiger partial charge in [0, 0.05) is 31.9 Å². The van der Waals surface area contributed by atoms with Crippen LogP contribution in [-0.4, -0.2) is 66.8 Å². The van der Waals surface area contributed by atoms with E-state index in [2.05, 4.69) is 21.1 Å². The van der Waals surface area contributed by atoms with Crippen LogP contribution in [0.25, 0.3) is 0 Å². The molecular formula is C19H30N4O4S. The second-order valence-electron chi connectivity index (χ2n) is 7.63. The molecule has 2 aliphatic rings. The van der Waals surface area contributed by atoms with Crippen molar-refractivity contribution < 1.29 is 18.3 Å². The summed E-state index contributed by atoms with van der Waals surface area (Å²) in [6, 6.07) is 3.56. The topological polar surface area (TPSA) is 112 Å². The Morgan fingerprint density at radius 1 is 1.39 bits per heavy atom. The van der Waals surface area contributed by atoms with Crippen molar-refractivity contribution in [2.45, 2.75) is 56.7 Å². The Bertz CT molecular complexity index is 791. The van der Waals surface area contributed by atoms with E-state index < -0.39 is 27.3 Å². The monoisotopic (exact) mass is 410 g/mol. The number of likely N-dealkylation sites (tertiary alicyclic amines) is 1. The molecule has 2 aliphatic heterocycles. The number of sulfonamides is 1. The number of carboxylic acid groups (broad SMARTS) is 1. The number of anilines is 1. The Morgan fingerprint density at radius 3 is 2.86 bits per heavy atom. The summed E-state index contributed by atoms with van der Waals surface area (Å²) in [6.45, 7) is 3.96. The molecule has 3 heterocycles. The van der Waals surface area contributed by atoms with Crippen LogP contribution in [-0.2, 0) is 27.7 Å². The molecule has 0 amide bonds. The number of piperidine rings is 1. The van der Waals surface area contributed by atoms with Gasteiger partial charge in [0.1, 0.15) is 11.9 Å². The molecule has 1 aromatic heterocycles. The highest BCUT2D eigenvalue weighted by Gasteiger charge is 2.32. The predicted molar refractivity (Wildman–Crippen MR) is 108 cm³/mol. The van der Waals surface area contributed by atoms with Crippen LogP contribution in [0.5, 0.6) is 0 Å². The zero-order chi connectivity index (χ0) is 20.1. The molecule has 156 valence electrons. The molecule has 0 saturated carbocycles. The van der Waals surface area contributed by atoms with Crippen molar-refractivity contribution in [1.82, 2.24) is 14.6 Å². The van der Waals surface area contributed by atoms with E-state index in [-0.39, 0.29) is 0 Å². The van der Waals surface area contributed by atoms with Crippen molar-refractivity contribution in [2.24, 2.45) is 0 Å². The Balaban J connectivity index is 1.42. The largest absolute Gasteiger partial charge is 0.480 e. The van der Waals surface area contributed by atoms with E-state index in [9.17, 15) is 13.2 Å². The second-order valence-corrected chi connectivity index (χ2v) is 9.68. The molecule has 0 radical (unpaired) electrons. The first-order valence-electron chi connectivity index (χ1n) is 10.0. The lowest BCUT2D eigenvalue weighted by molar-refractivity contribution is -0.142. The van der Waals surface area contributed by atoms with E-state index in [0.29, 0.717) is 38.9 Å². The number of carboxylic acids is 1. The highest BCUT2D eigenvalue weighted by atomic mass is 32.2. The standard InChI is InChI=1S/C19H30N4O4S/c1-14(19(24)25)23-12-8-17(9-13-23)28(26,27)21-11-3-5-16-7-6-15-4-2-10-20-18(15)22-16/h6-7,14,17,21H,2-5,8-13H2,1H3,(H,20,22)(H,24,25). The molecule has 1 atom stereocenters. The SMILES string of the molecule is CC(C(=O)O)N1CCC(S(=O)(=O)NCCCc2ccc3c(n2)NCCC3)CC1. The average molecular weight is 411 g/mol. The minimum Gasteiger partial charge on any atom is -0.480 e. The number of aliphatic carboxylic acids is 1. The summed E-state index contributed by atoms with van der Waals surface area (Å²) < 4.78 is 27.8. The normalized spacial score (nSPS) is 19.6. The second kappa shape index (κ2) is 9.19. The fourth-order valence-corrected chi connectivity index (χ4v) is 5.34. The molecule has 1 saturated heterocycles. The molecule has 3 N–H and O–H groups in total. The van der Waals surface area contributed by atoms with Crippen LogP contribution in [0.4, 0.5) is 5.82 Å². The zero-order valence-corrected chi connectivity index (χ0v) is 17.2. The van der Waals surface area contributed by atoms with Crippen molar-refractivity contribution >= 4 is 21.8 Å². The number of nitrogens with zero attached hydrogens (tertiary/aromatic N) is 2. The first-order valence-corrected chi connectivity index (χ1v) is 11.6. The van der Waals surface area contributed by atoms with Crippen LogP contribution in [0, 0.1) is 0 Å². The lowest BCUT2D eigenvalue weighted by atomic mass is 10.1. The van der Waals surface area contributed by atoms with Gasteiger partial charge in [-0.25, -0.2) is 18.1 Å². The molecule has 0 spiro atoms. The maximum absolute atomic E-state index is 12.5.